The first-order valence-corrected chi connectivity index (χ1v) is 8.01. The van der Waals surface area contributed by atoms with Crippen molar-refractivity contribution in [2.75, 3.05) is 12.3 Å². The van der Waals surface area contributed by atoms with Gasteiger partial charge in [-0.2, -0.15) is 10.1 Å². The first-order valence-electron chi connectivity index (χ1n) is 8.01. The number of aliphatic hydroxyl groups excluding tert-OH is 2. The minimum atomic E-state index is -1.16. The first kappa shape index (κ1) is 17.3. The van der Waals surface area contributed by atoms with Crippen LogP contribution in [-0.2, 0) is 11.3 Å². The maximum absolute atomic E-state index is 13.0. The molecule has 0 saturated carbocycles. The molecule has 0 aliphatic carbocycles. The molecule has 4 rings (SSSR count). The van der Waals surface area contributed by atoms with Crippen LogP contribution in [0.5, 0.6) is 0 Å². The van der Waals surface area contributed by atoms with Crippen LogP contribution in [0.3, 0.4) is 0 Å². The van der Waals surface area contributed by atoms with Gasteiger partial charge in [-0.25, -0.2) is 9.36 Å². The number of H-pyrrole nitrogens is 2. The topological polar surface area (TPSA) is 194 Å². The van der Waals surface area contributed by atoms with Crippen LogP contribution in [0.4, 0.5) is 5.95 Å². The molecule has 1 saturated heterocycles. The SMILES string of the molecule is Nc1nc2c(c(=O)[nH]1)n(Cc1cc(=O)[nH]o1)c(=O)n2[C@@H]1O[C@H](CO)C[C@H]1O. The molecule has 1 fully saturated rings. The highest BCUT2D eigenvalue weighted by molar-refractivity contribution is 5.72. The molecule has 4 heterocycles. The number of ether oxygens (including phenoxy) is 1. The van der Waals surface area contributed by atoms with Crippen LogP contribution in [0.15, 0.2) is 25.0 Å². The summed E-state index contributed by atoms with van der Waals surface area (Å²) in [6.07, 6.45) is -2.83. The molecule has 0 amide bonds. The smallest absolute Gasteiger partial charge is 0.333 e. The van der Waals surface area contributed by atoms with E-state index in [0.29, 0.717) is 0 Å². The molecule has 6 N–H and O–H groups in total. The Labute approximate surface area is 148 Å². The van der Waals surface area contributed by atoms with Crippen molar-refractivity contribution in [3.8, 4) is 0 Å². The molecule has 0 spiro atoms. The summed E-state index contributed by atoms with van der Waals surface area (Å²) in [5.74, 6) is -0.115. The fourth-order valence-electron chi connectivity index (χ4n) is 3.21. The third-order valence-corrected chi connectivity index (χ3v) is 4.34. The van der Waals surface area contributed by atoms with Crippen LogP contribution in [0, 0.1) is 0 Å². The van der Waals surface area contributed by atoms with Gasteiger partial charge in [0, 0.05) is 12.5 Å². The largest absolute Gasteiger partial charge is 0.394 e. The fourth-order valence-corrected chi connectivity index (χ4v) is 3.21. The summed E-state index contributed by atoms with van der Waals surface area (Å²) in [5.41, 5.74) is 3.47. The molecule has 1 aliphatic rings. The lowest BCUT2D eigenvalue weighted by atomic mass is 10.2. The minimum absolute atomic E-state index is 0.0956. The zero-order chi connectivity index (χ0) is 19.3. The van der Waals surface area contributed by atoms with E-state index in [4.69, 9.17) is 15.0 Å². The van der Waals surface area contributed by atoms with E-state index in [2.05, 4.69) is 15.1 Å². The number of nitrogens with two attached hydrogens (primary N) is 1. The zero-order valence-corrected chi connectivity index (χ0v) is 13.8. The Kier molecular flexibility index (Phi) is 3.98. The van der Waals surface area contributed by atoms with Gasteiger partial charge in [-0.05, 0) is 0 Å². The lowest BCUT2D eigenvalue weighted by molar-refractivity contribution is -0.0505. The van der Waals surface area contributed by atoms with Gasteiger partial charge in [0.05, 0.1) is 19.3 Å². The predicted octanol–water partition coefficient (Wildman–Crippen LogP) is -2.56. The summed E-state index contributed by atoms with van der Waals surface area (Å²) in [6, 6.07) is 1.14. The average Bonchev–Trinajstić information content (AvgIpc) is 3.25. The van der Waals surface area contributed by atoms with Gasteiger partial charge in [-0.3, -0.25) is 19.1 Å². The van der Waals surface area contributed by atoms with Crippen molar-refractivity contribution in [1.29, 1.82) is 0 Å². The summed E-state index contributed by atoms with van der Waals surface area (Å²) in [6.45, 7) is -0.576. The van der Waals surface area contributed by atoms with Crippen molar-refractivity contribution in [2.24, 2.45) is 0 Å². The number of aromatic amines is 2. The molecular weight excluding hydrogens is 364 g/mol. The van der Waals surface area contributed by atoms with Gasteiger partial charge < -0.3 is 25.2 Å². The molecule has 0 bridgehead atoms. The van der Waals surface area contributed by atoms with Gasteiger partial charge in [0.25, 0.3) is 11.1 Å². The van der Waals surface area contributed by atoms with Gasteiger partial charge >= 0.3 is 5.69 Å². The second-order valence-corrected chi connectivity index (χ2v) is 6.18. The van der Waals surface area contributed by atoms with E-state index in [1.54, 1.807) is 0 Å². The van der Waals surface area contributed by atoms with Crippen LogP contribution in [-0.4, -0.2) is 53.3 Å². The van der Waals surface area contributed by atoms with Gasteiger partial charge in [0.15, 0.2) is 23.2 Å². The maximum atomic E-state index is 13.0. The monoisotopic (exact) mass is 380 g/mol. The molecule has 3 aromatic rings. The zero-order valence-electron chi connectivity index (χ0n) is 13.8. The molecule has 13 heteroatoms. The second kappa shape index (κ2) is 6.22. The number of hydrogen-bond acceptors (Lipinski definition) is 9. The number of hydrogen-bond donors (Lipinski definition) is 5. The van der Waals surface area contributed by atoms with E-state index in [0.717, 1.165) is 15.2 Å². The summed E-state index contributed by atoms with van der Waals surface area (Å²) in [5, 5.41) is 21.6. The normalized spacial score (nSPS) is 22.7. The molecule has 0 aromatic carbocycles. The Morgan fingerprint density at radius 1 is 1.37 bits per heavy atom. The fraction of sp³-hybridized carbons (Fsp3) is 0.429. The van der Waals surface area contributed by atoms with Crippen molar-refractivity contribution in [1.82, 2.24) is 24.3 Å². The number of nitrogens with one attached hydrogen (secondary N) is 2. The number of imidazole rings is 1. The number of nitrogen functional groups attached to an aromatic ring is 1. The molecule has 3 atom stereocenters. The summed E-state index contributed by atoms with van der Waals surface area (Å²) in [4.78, 5) is 43.0. The summed E-state index contributed by atoms with van der Waals surface area (Å²) >= 11 is 0. The summed E-state index contributed by atoms with van der Waals surface area (Å²) in [7, 11) is 0. The number of rotatable bonds is 4. The highest BCUT2D eigenvalue weighted by atomic mass is 16.5. The Balaban J connectivity index is 1.94. The van der Waals surface area contributed by atoms with Gasteiger partial charge in [0.2, 0.25) is 5.95 Å². The highest BCUT2D eigenvalue weighted by Crippen LogP contribution is 2.29. The Hall–Kier alpha value is -3.16. The van der Waals surface area contributed by atoms with Crippen LogP contribution in [0.2, 0.25) is 0 Å². The van der Waals surface area contributed by atoms with Crippen LogP contribution < -0.4 is 22.5 Å². The highest BCUT2D eigenvalue weighted by Gasteiger charge is 2.38. The van der Waals surface area contributed by atoms with E-state index in [1.807, 2.05) is 0 Å². The standard InChI is InChI=1S/C14H16N6O7/c15-13-16-10-9(11(24)17-13)19(3-5-2-8(23)18-27-5)14(25)20(10)12-7(22)1-6(4-21)26-12/h2,6-7,12,21-22H,1,3-4H2,(H,18,23)(H3,15,16,17,24)/t6-,7+,12+/m0/s1. The number of nitrogens with zero attached hydrogens (tertiary/aromatic N) is 3. The number of anilines is 1. The van der Waals surface area contributed by atoms with Crippen molar-refractivity contribution in [3.63, 3.8) is 0 Å². The van der Waals surface area contributed by atoms with E-state index in [9.17, 15) is 24.6 Å². The number of fused-ring (bicyclic) bond motifs is 1. The Morgan fingerprint density at radius 2 is 2.15 bits per heavy atom. The molecule has 144 valence electrons. The van der Waals surface area contributed by atoms with Crippen molar-refractivity contribution in [3.05, 3.63) is 43.0 Å². The third kappa shape index (κ3) is 2.77. The van der Waals surface area contributed by atoms with E-state index >= 15 is 0 Å². The van der Waals surface area contributed by atoms with E-state index in [-0.39, 0.29) is 42.4 Å². The quantitative estimate of drug-likeness (QED) is 0.323. The lowest BCUT2D eigenvalue weighted by Gasteiger charge is -2.15. The molecule has 27 heavy (non-hydrogen) atoms. The lowest BCUT2D eigenvalue weighted by Crippen LogP contribution is -2.32. The summed E-state index contributed by atoms with van der Waals surface area (Å²) < 4.78 is 12.5. The first-order chi connectivity index (χ1) is 12.9. The number of aromatic nitrogens is 5. The molecule has 0 unspecified atom stereocenters. The minimum Gasteiger partial charge on any atom is -0.394 e. The van der Waals surface area contributed by atoms with Crippen LogP contribution >= 0.6 is 0 Å². The van der Waals surface area contributed by atoms with E-state index < -0.39 is 35.2 Å². The van der Waals surface area contributed by atoms with Gasteiger partial charge in [-0.1, -0.05) is 0 Å². The predicted molar refractivity (Wildman–Crippen MR) is 89.1 cm³/mol. The molecular formula is C14H16N6O7. The maximum Gasteiger partial charge on any atom is 0.333 e. The Bertz CT molecular complexity index is 1170. The van der Waals surface area contributed by atoms with Crippen LogP contribution in [0.1, 0.15) is 18.4 Å². The molecule has 13 nitrogen and oxygen atoms in total. The number of aliphatic hydroxyl groups is 2. The van der Waals surface area contributed by atoms with Gasteiger partial charge in [-0.15, -0.1) is 0 Å². The van der Waals surface area contributed by atoms with Crippen molar-refractivity contribution >= 4 is 17.1 Å². The Morgan fingerprint density at radius 3 is 2.78 bits per heavy atom. The van der Waals surface area contributed by atoms with Gasteiger partial charge in [0.1, 0.15) is 6.10 Å². The van der Waals surface area contributed by atoms with E-state index in [1.165, 1.54) is 0 Å². The second-order valence-electron chi connectivity index (χ2n) is 6.18. The molecule has 1 aliphatic heterocycles. The van der Waals surface area contributed by atoms with Crippen molar-refractivity contribution < 1.29 is 19.5 Å². The third-order valence-electron chi connectivity index (χ3n) is 4.34. The van der Waals surface area contributed by atoms with Crippen molar-refractivity contribution in [2.45, 2.75) is 31.4 Å². The average molecular weight is 380 g/mol. The molecule has 0 radical (unpaired) electrons. The van der Waals surface area contributed by atoms with Crippen LogP contribution in [0.25, 0.3) is 11.2 Å². The molecule has 3 aromatic heterocycles.